The van der Waals surface area contributed by atoms with Gasteiger partial charge in [-0.25, -0.2) is 0 Å². The topological polar surface area (TPSA) is 12.5 Å². The number of anilines is 3. The molecule has 0 bridgehead atoms. The lowest BCUT2D eigenvalue weighted by atomic mass is 9.64. The summed E-state index contributed by atoms with van der Waals surface area (Å²) in [7, 11) is 0. The van der Waals surface area contributed by atoms with Crippen LogP contribution in [0, 0.1) is 0 Å². The van der Waals surface area contributed by atoms with Crippen LogP contribution in [-0.4, -0.2) is 0 Å². The minimum Gasteiger partial charge on any atom is -0.457 e. The average molecular weight is 1010 g/mol. The summed E-state index contributed by atoms with van der Waals surface area (Å²) in [6.07, 6.45) is 0. The van der Waals surface area contributed by atoms with E-state index < -0.39 is 10.8 Å². The van der Waals surface area contributed by atoms with Crippen LogP contribution in [0.5, 0.6) is 11.5 Å². The van der Waals surface area contributed by atoms with Crippen LogP contribution in [0.1, 0.15) is 97.2 Å². The maximum atomic E-state index is 7.11. The van der Waals surface area contributed by atoms with Crippen LogP contribution in [0.25, 0.3) is 44.2 Å². The molecule has 2 heterocycles. The number of hydrogen-bond acceptors (Lipinski definition) is 3. The first-order valence-electron chi connectivity index (χ1n) is 27.2. The largest absolute Gasteiger partial charge is 0.457 e. The Kier molecular flexibility index (Phi) is 9.89. The molecule has 0 amide bonds. The summed E-state index contributed by atoms with van der Waals surface area (Å²) >= 11 is 1.89. The molecule has 0 atom stereocenters. The summed E-state index contributed by atoms with van der Waals surface area (Å²) in [5, 5.41) is 2.44. The van der Waals surface area contributed by atoms with Crippen molar-refractivity contribution in [1.82, 2.24) is 0 Å². The van der Waals surface area contributed by atoms with E-state index >= 15 is 0 Å². The zero-order valence-electron chi connectivity index (χ0n) is 44.3. The predicted octanol–water partition coefficient (Wildman–Crippen LogP) is 19.9. The minimum absolute atomic E-state index is 0.0999. The molecule has 0 saturated carbocycles. The van der Waals surface area contributed by atoms with Crippen LogP contribution in [0.15, 0.2) is 246 Å². The Hall–Kier alpha value is -8.37. The first-order chi connectivity index (χ1) is 37.5. The molecule has 15 rings (SSSR count). The van der Waals surface area contributed by atoms with Crippen molar-refractivity contribution in [2.24, 2.45) is 0 Å². The van der Waals surface area contributed by atoms with Gasteiger partial charge in [-0.3, -0.25) is 0 Å². The highest BCUT2D eigenvalue weighted by Gasteiger charge is 2.54. The van der Waals surface area contributed by atoms with E-state index in [9.17, 15) is 0 Å². The van der Waals surface area contributed by atoms with Crippen molar-refractivity contribution >= 4 is 39.6 Å². The molecule has 2 nitrogen and oxygen atoms in total. The molecule has 0 unspecified atom stereocenters. The highest BCUT2D eigenvalue weighted by Crippen LogP contribution is 2.67. The fourth-order valence-corrected chi connectivity index (χ4v) is 15.0. The maximum Gasteiger partial charge on any atom is 0.132 e. The molecule has 0 saturated heterocycles. The Morgan fingerprint density at radius 3 is 1.51 bits per heavy atom. The summed E-state index contributed by atoms with van der Waals surface area (Å²) in [5.41, 5.74) is 21.9. The Labute approximate surface area is 456 Å². The van der Waals surface area contributed by atoms with Crippen LogP contribution < -0.4 is 9.64 Å². The number of rotatable bonds is 4. The molecular formula is C74H57NOS. The van der Waals surface area contributed by atoms with E-state index in [1.807, 2.05) is 11.8 Å². The standard InChI is InChI=1S/C74H57NOS/c1-71(2,3)47-37-41-66-62(43-47)74(63-44-48(72(4,5)6)38-42-67(63)76-66)57-29-13-10-26-55(57)70-60(74)32-20-34-65(70)75(64-33-16-11-25-54(64)51-27-19-22-46-21-7-8-23-50(46)51)49-39-40-53-52-24-9-12-28-56(52)73(61(53)45-49)58-30-14-17-35-68(58)77-69-36-18-15-31-59(69)73/h7-45H,1-6H3. The van der Waals surface area contributed by atoms with Crippen molar-refractivity contribution in [2.45, 2.75) is 73.0 Å². The highest BCUT2D eigenvalue weighted by molar-refractivity contribution is 7.99. The molecule has 2 spiro atoms. The average Bonchev–Trinajstić information content (AvgIpc) is 4.17. The van der Waals surface area contributed by atoms with E-state index in [0.717, 1.165) is 34.1 Å². The number of hydrogen-bond donors (Lipinski definition) is 0. The third kappa shape index (κ3) is 6.44. The molecule has 11 aromatic carbocycles. The molecule has 2 aliphatic heterocycles. The second kappa shape index (κ2) is 16.6. The van der Waals surface area contributed by atoms with Gasteiger partial charge in [-0.2, -0.15) is 0 Å². The Bertz CT molecular complexity index is 4160. The van der Waals surface area contributed by atoms with Crippen molar-refractivity contribution in [1.29, 1.82) is 0 Å². The van der Waals surface area contributed by atoms with Crippen molar-refractivity contribution in [3.05, 3.63) is 292 Å². The fraction of sp³-hybridized carbons (Fsp3) is 0.135. The van der Waals surface area contributed by atoms with Crippen LogP contribution in [-0.2, 0) is 21.7 Å². The Balaban J connectivity index is 1.07. The molecule has 0 N–H and O–H groups in total. The van der Waals surface area contributed by atoms with Gasteiger partial charge in [-0.1, -0.05) is 229 Å². The minimum atomic E-state index is -0.703. The predicted molar refractivity (Wildman–Crippen MR) is 320 cm³/mol. The van der Waals surface area contributed by atoms with Crippen molar-refractivity contribution in [3.63, 3.8) is 0 Å². The van der Waals surface area contributed by atoms with Gasteiger partial charge in [0.05, 0.1) is 22.2 Å². The van der Waals surface area contributed by atoms with Crippen LogP contribution in [0.2, 0.25) is 0 Å². The first kappa shape index (κ1) is 46.0. The van der Waals surface area contributed by atoms with Crippen LogP contribution >= 0.6 is 11.8 Å². The van der Waals surface area contributed by atoms with E-state index in [4.69, 9.17) is 4.74 Å². The number of fused-ring (bicyclic) bond motifs is 19. The van der Waals surface area contributed by atoms with Gasteiger partial charge < -0.3 is 9.64 Å². The quantitative estimate of drug-likeness (QED) is 0.174. The summed E-state index contributed by atoms with van der Waals surface area (Å²) in [5.74, 6) is 1.80. The lowest BCUT2D eigenvalue weighted by Gasteiger charge is -2.41. The molecule has 0 fully saturated rings. The van der Waals surface area contributed by atoms with Gasteiger partial charge in [0.1, 0.15) is 11.5 Å². The SMILES string of the molecule is CC(C)(C)c1ccc2c(c1)C1(c3cc(C(C)(C)C)ccc3O2)c2ccccc2-c2c(N(c3ccc4c(c3)C3(c5ccccc5Sc5ccccc53)c3ccccc3-4)c3ccccc3-c3cccc4ccccc34)cccc21. The molecule has 77 heavy (non-hydrogen) atoms. The smallest absolute Gasteiger partial charge is 0.132 e. The molecule has 0 aromatic heterocycles. The second-order valence-electron chi connectivity index (χ2n) is 23.5. The molecule has 3 heteroatoms. The molecule has 2 aliphatic carbocycles. The van der Waals surface area contributed by atoms with E-state index in [-0.39, 0.29) is 10.8 Å². The lowest BCUT2D eigenvalue weighted by molar-refractivity contribution is 0.433. The van der Waals surface area contributed by atoms with Crippen molar-refractivity contribution < 1.29 is 4.74 Å². The summed E-state index contributed by atoms with van der Waals surface area (Å²) in [6.45, 7) is 13.9. The number of benzene rings is 11. The maximum absolute atomic E-state index is 7.11. The highest BCUT2D eigenvalue weighted by atomic mass is 32.2. The van der Waals surface area contributed by atoms with E-state index in [1.54, 1.807) is 0 Å². The van der Waals surface area contributed by atoms with E-state index in [1.165, 1.54) is 104 Å². The van der Waals surface area contributed by atoms with Crippen molar-refractivity contribution in [2.75, 3.05) is 4.90 Å². The molecule has 0 radical (unpaired) electrons. The van der Waals surface area contributed by atoms with Gasteiger partial charge in [0.2, 0.25) is 0 Å². The summed E-state index contributed by atoms with van der Waals surface area (Å²) < 4.78 is 7.11. The summed E-state index contributed by atoms with van der Waals surface area (Å²) in [4.78, 5) is 5.19. The van der Waals surface area contributed by atoms with Gasteiger partial charge in [-0.05, 0) is 149 Å². The fourth-order valence-electron chi connectivity index (χ4n) is 13.8. The zero-order valence-corrected chi connectivity index (χ0v) is 45.1. The molecule has 11 aromatic rings. The summed E-state index contributed by atoms with van der Waals surface area (Å²) in [6, 6.07) is 89.7. The third-order valence-corrected chi connectivity index (χ3v) is 18.5. The number of ether oxygens (including phenoxy) is 1. The van der Waals surface area contributed by atoms with Gasteiger partial charge in [0, 0.05) is 37.7 Å². The monoisotopic (exact) mass is 1010 g/mol. The molecule has 370 valence electrons. The van der Waals surface area contributed by atoms with Crippen LogP contribution in [0.3, 0.4) is 0 Å². The number of para-hydroxylation sites is 1. The normalized spacial score (nSPS) is 14.6. The second-order valence-corrected chi connectivity index (χ2v) is 24.6. The first-order valence-corrected chi connectivity index (χ1v) is 28.0. The van der Waals surface area contributed by atoms with E-state index in [0.29, 0.717) is 0 Å². The lowest BCUT2D eigenvalue weighted by Crippen LogP contribution is -2.33. The van der Waals surface area contributed by atoms with Gasteiger partial charge in [0.25, 0.3) is 0 Å². The molecular weight excluding hydrogens is 951 g/mol. The van der Waals surface area contributed by atoms with Crippen LogP contribution in [0.4, 0.5) is 17.1 Å². The van der Waals surface area contributed by atoms with Gasteiger partial charge in [-0.15, -0.1) is 0 Å². The van der Waals surface area contributed by atoms with Gasteiger partial charge >= 0.3 is 0 Å². The third-order valence-electron chi connectivity index (χ3n) is 17.3. The van der Waals surface area contributed by atoms with E-state index in [2.05, 4.69) is 283 Å². The molecule has 4 aliphatic rings. The van der Waals surface area contributed by atoms with Crippen molar-refractivity contribution in [3.8, 4) is 44.9 Å². The van der Waals surface area contributed by atoms with Gasteiger partial charge in [0.15, 0.2) is 0 Å². The number of nitrogens with zero attached hydrogens (tertiary/aromatic N) is 1. The Morgan fingerprint density at radius 1 is 0.351 bits per heavy atom. The zero-order chi connectivity index (χ0) is 52.0. The Morgan fingerprint density at radius 2 is 0.831 bits per heavy atom.